The van der Waals surface area contributed by atoms with E-state index < -0.39 is 5.60 Å². The lowest BCUT2D eigenvalue weighted by Gasteiger charge is -2.36. The molecule has 162 valence electrons. The first kappa shape index (κ1) is 22.1. The summed E-state index contributed by atoms with van der Waals surface area (Å²) in [5.74, 6) is 3.01. The molecule has 2 fully saturated rings. The SMILES string of the molecule is COC1(C(=O)Nc2ccc(OCCN3C[C@H](C)C[C@@H](C)C3)cc2)CCC(C)CC1. The summed E-state index contributed by atoms with van der Waals surface area (Å²) in [5, 5.41) is 3.04. The van der Waals surface area contributed by atoms with E-state index >= 15 is 0 Å². The molecule has 2 atom stereocenters. The van der Waals surface area contributed by atoms with Crippen molar-refractivity contribution < 1.29 is 14.3 Å². The molecule has 5 heteroatoms. The molecule has 1 N–H and O–H groups in total. The fourth-order valence-electron chi connectivity index (χ4n) is 4.90. The maximum atomic E-state index is 12.8. The quantitative estimate of drug-likeness (QED) is 0.725. The molecule has 0 radical (unpaired) electrons. The molecule has 0 spiro atoms. The van der Waals surface area contributed by atoms with Crippen LogP contribution in [0.1, 0.15) is 52.9 Å². The number of carbonyl (C=O) groups excluding carboxylic acids is 1. The zero-order valence-electron chi connectivity index (χ0n) is 18.6. The Morgan fingerprint density at radius 2 is 1.69 bits per heavy atom. The van der Waals surface area contributed by atoms with Gasteiger partial charge in [0, 0.05) is 32.4 Å². The largest absolute Gasteiger partial charge is 0.492 e. The summed E-state index contributed by atoms with van der Waals surface area (Å²) in [6, 6.07) is 7.68. The van der Waals surface area contributed by atoms with Crippen molar-refractivity contribution in [2.24, 2.45) is 17.8 Å². The number of benzene rings is 1. The zero-order valence-corrected chi connectivity index (χ0v) is 18.6. The number of carbonyl (C=O) groups is 1. The Morgan fingerprint density at radius 1 is 1.07 bits per heavy atom. The van der Waals surface area contributed by atoms with Gasteiger partial charge in [-0.25, -0.2) is 0 Å². The Kier molecular flexibility index (Phi) is 7.58. The van der Waals surface area contributed by atoms with Crippen molar-refractivity contribution >= 4 is 11.6 Å². The van der Waals surface area contributed by atoms with Crippen LogP contribution in [0.15, 0.2) is 24.3 Å². The molecule has 0 unspecified atom stereocenters. The smallest absolute Gasteiger partial charge is 0.256 e. The third kappa shape index (κ3) is 5.95. The number of hydrogen-bond donors (Lipinski definition) is 1. The van der Waals surface area contributed by atoms with Crippen LogP contribution in [0.3, 0.4) is 0 Å². The van der Waals surface area contributed by atoms with Crippen LogP contribution in [0.25, 0.3) is 0 Å². The van der Waals surface area contributed by atoms with Gasteiger partial charge in [0.25, 0.3) is 5.91 Å². The van der Waals surface area contributed by atoms with E-state index in [0.29, 0.717) is 12.5 Å². The van der Waals surface area contributed by atoms with E-state index in [2.05, 4.69) is 31.0 Å². The molecule has 1 aromatic carbocycles. The second-order valence-electron chi connectivity index (χ2n) is 9.41. The average molecular weight is 403 g/mol. The fraction of sp³-hybridized carbons (Fsp3) is 0.708. The Morgan fingerprint density at radius 3 is 2.28 bits per heavy atom. The van der Waals surface area contributed by atoms with Gasteiger partial charge in [-0.2, -0.15) is 0 Å². The molecular weight excluding hydrogens is 364 g/mol. The van der Waals surface area contributed by atoms with E-state index in [-0.39, 0.29) is 5.91 Å². The highest BCUT2D eigenvalue weighted by molar-refractivity contribution is 5.97. The standard InChI is InChI=1S/C24H38N2O3/c1-18-9-11-24(28-4,12-10-18)23(27)25-21-5-7-22(8-6-21)29-14-13-26-16-19(2)15-20(3)17-26/h5-8,18-20H,9-17H2,1-4H3,(H,25,27)/t18?,19-,20-,24?/m1/s1. The summed E-state index contributed by atoms with van der Waals surface area (Å²) in [7, 11) is 1.65. The zero-order chi connectivity index (χ0) is 20.9. The summed E-state index contributed by atoms with van der Waals surface area (Å²) < 4.78 is 11.6. The molecule has 1 aromatic rings. The highest BCUT2D eigenvalue weighted by Crippen LogP contribution is 2.35. The Hall–Kier alpha value is -1.59. The van der Waals surface area contributed by atoms with Gasteiger partial charge in [0.2, 0.25) is 0 Å². The van der Waals surface area contributed by atoms with Crippen molar-refractivity contribution in [1.29, 1.82) is 0 Å². The van der Waals surface area contributed by atoms with Gasteiger partial charge >= 0.3 is 0 Å². The van der Waals surface area contributed by atoms with Gasteiger partial charge in [-0.15, -0.1) is 0 Å². The number of nitrogens with zero attached hydrogens (tertiary/aromatic N) is 1. The van der Waals surface area contributed by atoms with Crippen molar-refractivity contribution in [1.82, 2.24) is 4.90 Å². The first-order chi connectivity index (χ1) is 13.9. The second kappa shape index (κ2) is 9.94. The first-order valence-electron chi connectivity index (χ1n) is 11.2. The van der Waals surface area contributed by atoms with E-state index in [0.717, 1.165) is 55.5 Å². The minimum Gasteiger partial charge on any atom is -0.492 e. The topological polar surface area (TPSA) is 50.8 Å². The number of rotatable bonds is 7. The number of methoxy groups -OCH3 is 1. The van der Waals surface area contributed by atoms with Gasteiger partial charge in [0.05, 0.1) is 0 Å². The number of amides is 1. The summed E-state index contributed by atoms with van der Waals surface area (Å²) in [5.41, 5.74) is 0.0980. The number of nitrogens with one attached hydrogen (secondary N) is 1. The van der Waals surface area contributed by atoms with Crippen LogP contribution < -0.4 is 10.1 Å². The van der Waals surface area contributed by atoms with Gasteiger partial charge < -0.3 is 14.8 Å². The van der Waals surface area contributed by atoms with Crippen LogP contribution in [0.5, 0.6) is 5.75 Å². The lowest BCUT2D eigenvalue weighted by atomic mass is 9.79. The molecule has 2 aliphatic rings. The van der Waals surface area contributed by atoms with Crippen LogP contribution >= 0.6 is 0 Å². The Labute approximate surface area is 176 Å². The van der Waals surface area contributed by atoms with Crippen LogP contribution in [0.2, 0.25) is 0 Å². The maximum absolute atomic E-state index is 12.8. The summed E-state index contributed by atoms with van der Waals surface area (Å²) in [6.45, 7) is 10.9. The molecule has 1 aliphatic carbocycles. The Balaban J connectivity index is 1.46. The molecule has 5 nitrogen and oxygen atoms in total. The van der Waals surface area contributed by atoms with E-state index in [1.54, 1.807) is 7.11 Å². The van der Waals surface area contributed by atoms with Crippen molar-refractivity contribution in [3.63, 3.8) is 0 Å². The molecular formula is C24H38N2O3. The van der Waals surface area contributed by atoms with Gasteiger partial charge in [-0.05, 0) is 74.1 Å². The molecule has 1 saturated heterocycles. The van der Waals surface area contributed by atoms with Gasteiger partial charge in [0.1, 0.15) is 18.0 Å². The van der Waals surface area contributed by atoms with Crippen molar-refractivity contribution in [2.75, 3.05) is 38.7 Å². The van der Waals surface area contributed by atoms with Gasteiger partial charge in [-0.1, -0.05) is 20.8 Å². The molecule has 1 aliphatic heterocycles. The van der Waals surface area contributed by atoms with E-state index in [1.807, 2.05) is 24.3 Å². The molecule has 0 bridgehead atoms. The van der Waals surface area contributed by atoms with E-state index in [1.165, 1.54) is 19.5 Å². The number of piperidine rings is 1. The van der Waals surface area contributed by atoms with Crippen molar-refractivity contribution in [2.45, 2.75) is 58.5 Å². The summed E-state index contributed by atoms with van der Waals surface area (Å²) in [6.07, 6.45) is 4.95. The van der Waals surface area contributed by atoms with Crippen LogP contribution in [-0.4, -0.2) is 49.8 Å². The number of anilines is 1. The first-order valence-corrected chi connectivity index (χ1v) is 11.2. The molecule has 0 aromatic heterocycles. The van der Waals surface area contributed by atoms with E-state index in [4.69, 9.17) is 9.47 Å². The highest BCUT2D eigenvalue weighted by atomic mass is 16.5. The van der Waals surface area contributed by atoms with Crippen LogP contribution in [0, 0.1) is 17.8 Å². The fourth-order valence-corrected chi connectivity index (χ4v) is 4.90. The van der Waals surface area contributed by atoms with E-state index in [9.17, 15) is 4.79 Å². The average Bonchev–Trinajstić information content (AvgIpc) is 2.69. The molecule has 29 heavy (non-hydrogen) atoms. The highest BCUT2D eigenvalue weighted by Gasteiger charge is 2.41. The third-order valence-electron chi connectivity index (χ3n) is 6.62. The summed E-state index contributed by atoms with van der Waals surface area (Å²) >= 11 is 0. The predicted molar refractivity (Wildman–Crippen MR) is 117 cm³/mol. The molecule has 1 amide bonds. The number of ether oxygens (including phenoxy) is 2. The van der Waals surface area contributed by atoms with Gasteiger partial charge in [-0.3, -0.25) is 9.69 Å². The van der Waals surface area contributed by atoms with Crippen LogP contribution in [0.4, 0.5) is 5.69 Å². The van der Waals surface area contributed by atoms with Crippen molar-refractivity contribution in [3.05, 3.63) is 24.3 Å². The maximum Gasteiger partial charge on any atom is 0.256 e. The van der Waals surface area contributed by atoms with Crippen molar-refractivity contribution in [3.8, 4) is 5.75 Å². The number of hydrogen-bond acceptors (Lipinski definition) is 4. The monoisotopic (exact) mass is 402 g/mol. The Bertz CT molecular complexity index is 643. The molecule has 1 heterocycles. The number of likely N-dealkylation sites (tertiary alicyclic amines) is 1. The minimum absolute atomic E-state index is 0.0334. The lowest BCUT2D eigenvalue weighted by molar-refractivity contribution is -0.142. The predicted octanol–water partition coefficient (Wildman–Crippen LogP) is 4.58. The normalized spacial score (nSPS) is 30.7. The lowest BCUT2D eigenvalue weighted by Crippen LogP contribution is -2.47. The molecule has 1 saturated carbocycles. The van der Waals surface area contributed by atoms with Crippen LogP contribution in [-0.2, 0) is 9.53 Å². The second-order valence-corrected chi connectivity index (χ2v) is 9.41. The van der Waals surface area contributed by atoms with Gasteiger partial charge in [0.15, 0.2) is 0 Å². The molecule has 3 rings (SSSR count). The summed E-state index contributed by atoms with van der Waals surface area (Å²) in [4.78, 5) is 15.3. The minimum atomic E-state index is -0.690. The third-order valence-corrected chi connectivity index (χ3v) is 6.62.